The Kier molecular flexibility index (Phi) is 5.48. The van der Waals surface area contributed by atoms with E-state index in [1.165, 1.54) is 32.4 Å². The van der Waals surface area contributed by atoms with Crippen LogP contribution in [0.4, 0.5) is 0 Å². The lowest BCUT2D eigenvalue weighted by atomic mass is 10.0. The molecule has 0 aliphatic carbocycles. The summed E-state index contributed by atoms with van der Waals surface area (Å²) in [5.74, 6) is 1.91. The Labute approximate surface area is 170 Å². The van der Waals surface area contributed by atoms with Gasteiger partial charge in [0.2, 0.25) is 15.8 Å². The first-order valence-corrected chi connectivity index (χ1v) is 10.5. The van der Waals surface area contributed by atoms with Gasteiger partial charge in [0, 0.05) is 11.5 Å². The molecular weight excluding hydrogens is 394 g/mol. The number of ether oxygens (including phenoxy) is 4. The highest BCUT2D eigenvalue weighted by molar-refractivity contribution is 7.89. The molecule has 0 atom stereocenters. The zero-order valence-electron chi connectivity index (χ0n) is 17.0. The molecule has 1 heterocycles. The molecule has 0 fully saturated rings. The van der Waals surface area contributed by atoms with Crippen LogP contribution in [0.2, 0.25) is 0 Å². The average molecular weight is 417 g/mol. The topological polar surface area (TPSA) is 76.0 Å². The third-order valence-corrected chi connectivity index (χ3v) is 5.68. The van der Waals surface area contributed by atoms with Crippen molar-refractivity contribution >= 4 is 26.5 Å². The van der Waals surface area contributed by atoms with Crippen LogP contribution >= 0.6 is 0 Å². The van der Waals surface area contributed by atoms with Crippen molar-refractivity contribution in [1.82, 2.24) is 3.97 Å². The van der Waals surface area contributed by atoms with Crippen LogP contribution in [-0.2, 0) is 10.0 Å². The molecule has 8 heteroatoms. The summed E-state index contributed by atoms with van der Waals surface area (Å²) in [5, 5.41) is 0.750. The number of nitrogens with zero attached hydrogens (tertiary/aromatic N) is 1. The van der Waals surface area contributed by atoms with Crippen LogP contribution in [0.1, 0.15) is 11.3 Å². The molecule has 0 aliphatic rings. The fourth-order valence-electron chi connectivity index (χ4n) is 3.25. The van der Waals surface area contributed by atoms with E-state index in [4.69, 9.17) is 18.9 Å². The van der Waals surface area contributed by atoms with Gasteiger partial charge in [0.05, 0.1) is 45.9 Å². The Morgan fingerprint density at radius 3 is 2.00 bits per heavy atom. The van der Waals surface area contributed by atoms with Crippen molar-refractivity contribution in [1.29, 1.82) is 0 Å². The third kappa shape index (κ3) is 3.63. The van der Waals surface area contributed by atoms with Crippen molar-refractivity contribution in [2.24, 2.45) is 0 Å². The molecule has 0 amide bonds. The minimum atomic E-state index is -3.63. The van der Waals surface area contributed by atoms with Gasteiger partial charge in [-0.15, -0.1) is 0 Å². The lowest BCUT2D eigenvalue weighted by Gasteiger charge is -2.16. The summed E-state index contributed by atoms with van der Waals surface area (Å²) in [6, 6.07) is 10.5. The molecule has 154 valence electrons. The standard InChI is InChI=1S/C21H23NO6S/c1-13(15-10-19(26-3)21(28-5)20(11-15)27-4)17-9-14-7-8-16(25-2)12-18(14)22(17)29(6,23)24/h7-12H,1H2,2-6H3. The maximum Gasteiger partial charge on any atom is 0.236 e. The summed E-state index contributed by atoms with van der Waals surface area (Å²) in [6.45, 7) is 4.15. The van der Waals surface area contributed by atoms with Gasteiger partial charge >= 0.3 is 0 Å². The second-order valence-corrected chi connectivity index (χ2v) is 8.21. The van der Waals surface area contributed by atoms with Crippen molar-refractivity contribution in [3.05, 3.63) is 54.2 Å². The molecule has 2 aromatic carbocycles. The highest BCUT2D eigenvalue weighted by Gasteiger charge is 2.22. The third-order valence-electron chi connectivity index (χ3n) is 4.62. The normalized spacial score (nSPS) is 11.3. The van der Waals surface area contributed by atoms with Crippen LogP contribution in [0.25, 0.3) is 16.5 Å². The van der Waals surface area contributed by atoms with E-state index in [-0.39, 0.29) is 0 Å². The zero-order valence-corrected chi connectivity index (χ0v) is 17.8. The van der Waals surface area contributed by atoms with E-state index in [0.717, 1.165) is 11.6 Å². The van der Waals surface area contributed by atoms with Crippen molar-refractivity contribution in [3.8, 4) is 23.0 Å². The van der Waals surface area contributed by atoms with E-state index in [9.17, 15) is 8.42 Å². The number of rotatable bonds is 7. The van der Waals surface area contributed by atoms with E-state index in [1.54, 1.807) is 30.3 Å². The molecule has 0 bridgehead atoms. The average Bonchev–Trinajstić information content (AvgIpc) is 3.10. The van der Waals surface area contributed by atoms with Crippen molar-refractivity contribution < 1.29 is 27.4 Å². The van der Waals surface area contributed by atoms with E-state index < -0.39 is 10.0 Å². The van der Waals surface area contributed by atoms with Gasteiger partial charge in [0.25, 0.3) is 0 Å². The molecule has 0 radical (unpaired) electrons. The van der Waals surface area contributed by atoms with Crippen LogP contribution in [0.3, 0.4) is 0 Å². The molecule has 3 rings (SSSR count). The molecule has 1 aromatic heterocycles. The summed E-state index contributed by atoms with van der Waals surface area (Å²) in [7, 11) is 2.46. The Morgan fingerprint density at radius 1 is 0.897 bits per heavy atom. The minimum absolute atomic E-state index is 0.435. The molecule has 7 nitrogen and oxygen atoms in total. The summed E-state index contributed by atoms with van der Waals surface area (Å²) >= 11 is 0. The predicted octanol–water partition coefficient (Wildman–Crippen LogP) is 3.54. The molecule has 0 unspecified atom stereocenters. The summed E-state index contributed by atoms with van der Waals surface area (Å²) < 4.78 is 47.9. The fraction of sp³-hybridized carbons (Fsp3) is 0.238. The van der Waals surface area contributed by atoms with Gasteiger partial charge in [-0.3, -0.25) is 0 Å². The van der Waals surface area contributed by atoms with E-state index in [1.807, 2.05) is 6.07 Å². The maximum absolute atomic E-state index is 12.6. The number of benzene rings is 2. The van der Waals surface area contributed by atoms with Crippen LogP contribution in [0.5, 0.6) is 23.0 Å². The highest BCUT2D eigenvalue weighted by Crippen LogP contribution is 2.41. The quantitative estimate of drug-likeness (QED) is 0.585. The van der Waals surface area contributed by atoms with E-state index in [0.29, 0.717) is 45.3 Å². The van der Waals surface area contributed by atoms with Crippen molar-refractivity contribution in [3.63, 3.8) is 0 Å². The van der Waals surface area contributed by atoms with E-state index >= 15 is 0 Å². The van der Waals surface area contributed by atoms with Crippen molar-refractivity contribution in [2.45, 2.75) is 0 Å². The molecule has 0 saturated carbocycles. The predicted molar refractivity (Wildman–Crippen MR) is 113 cm³/mol. The van der Waals surface area contributed by atoms with Crippen molar-refractivity contribution in [2.75, 3.05) is 34.7 Å². The lowest BCUT2D eigenvalue weighted by molar-refractivity contribution is 0.324. The Hall–Kier alpha value is -3.13. The fourth-order valence-corrected chi connectivity index (χ4v) is 4.29. The van der Waals surface area contributed by atoms with Gasteiger partial charge in [-0.25, -0.2) is 12.4 Å². The minimum Gasteiger partial charge on any atom is -0.497 e. The molecule has 0 saturated heterocycles. The molecule has 0 aliphatic heterocycles. The smallest absolute Gasteiger partial charge is 0.236 e. The second kappa shape index (κ2) is 7.71. The molecule has 0 spiro atoms. The van der Waals surface area contributed by atoms with Gasteiger partial charge < -0.3 is 18.9 Å². The zero-order chi connectivity index (χ0) is 21.3. The largest absolute Gasteiger partial charge is 0.497 e. The van der Waals surface area contributed by atoms with Gasteiger partial charge in [0.1, 0.15) is 5.75 Å². The van der Waals surface area contributed by atoms with E-state index in [2.05, 4.69) is 6.58 Å². The first-order chi connectivity index (χ1) is 13.7. The highest BCUT2D eigenvalue weighted by atomic mass is 32.2. The second-order valence-electron chi connectivity index (χ2n) is 6.37. The Morgan fingerprint density at radius 2 is 1.52 bits per heavy atom. The lowest BCUT2D eigenvalue weighted by Crippen LogP contribution is -2.13. The Balaban J connectivity index is 2.27. The summed E-state index contributed by atoms with van der Waals surface area (Å²) in [6.07, 6.45) is 1.15. The molecule has 0 N–H and O–H groups in total. The SMILES string of the molecule is C=C(c1cc(OC)c(OC)c(OC)c1)c1cc2ccc(OC)cc2n1S(C)(=O)=O. The first-order valence-electron chi connectivity index (χ1n) is 8.64. The monoisotopic (exact) mass is 417 g/mol. The number of methoxy groups -OCH3 is 4. The van der Waals surface area contributed by atoms with Gasteiger partial charge in [0.15, 0.2) is 11.5 Å². The van der Waals surface area contributed by atoms with Crippen LogP contribution < -0.4 is 18.9 Å². The number of aromatic nitrogens is 1. The number of hydrogen-bond acceptors (Lipinski definition) is 6. The van der Waals surface area contributed by atoms with Crippen LogP contribution in [0, 0.1) is 0 Å². The molecule has 29 heavy (non-hydrogen) atoms. The van der Waals surface area contributed by atoms with Crippen LogP contribution in [-0.4, -0.2) is 47.1 Å². The molecular formula is C21H23NO6S. The first kappa shape index (κ1) is 20.6. The van der Waals surface area contributed by atoms with Crippen LogP contribution in [0.15, 0.2) is 43.0 Å². The Bertz CT molecular complexity index is 1170. The summed E-state index contributed by atoms with van der Waals surface area (Å²) in [4.78, 5) is 0. The number of fused-ring (bicyclic) bond motifs is 1. The maximum atomic E-state index is 12.6. The van der Waals surface area contributed by atoms with Gasteiger partial charge in [-0.05, 0) is 41.5 Å². The summed E-state index contributed by atoms with van der Waals surface area (Å²) in [5.41, 5.74) is 2.07. The van der Waals surface area contributed by atoms with Gasteiger partial charge in [-0.2, -0.15) is 0 Å². The van der Waals surface area contributed by atoms with Gasteiger partial charge in [-0.1, -0.05) is 6.58 Å². The number of hydrogen-bond donors (Lipinski definition) is 0. The molecule has 3 aromatic rings.